The van der Waals surface area contributed by atoms with Crippen LogP contribution in [0.4, 0.5) is 0 Å². The molecule has 6 aromatic carbocycles. The summed E-state index contributed by atoms with van der Waals surface area (Å²) in [5.41, 5.74) is 16.2. The number of pyridine rings is 1. The zero-order valence-corrected chi connectivity index (χ0v) is 33.8. The minimum Gasteiger partial charge on any atom is -0.506 e. The smallest absolute Gasteiger partial charge is 0.144 e. The SMILES string of the molecule is CC(C)c1cccc(C(C)C)c1-c1c2c(nn1-c1ccccc1O)-c1[c-]c(-n3c4ccccc4c4cccnc43)ccc1-c1ccccc1-c1ccccc1-2.[Pt]. The Kier molecular flexibility index (Phi) is 8.86. The molecule has 1 N–H and O–H groups in total. The number of hydrogen-bond acceptors (Lipinski definition) is 3. The number of nitrogens with zero attached hydrogens (tertiary/aromatic N) is 4. The van der Waals surface area contributed by atoms with Crippen LogP contribution in [-0.2, 0) is 21.1 Å². The van der Waals surface area contributed by atoms with Crippen LogP contribution < -0.4 is 0 Å². The van der Waals surface area contributed by atoms with Crippen LogP contribution in [0.5, 0.6) is 5.75 Å². The Hall–Kier alpha value is -6.03. The molecule has 276 valence electrons. The summed E-state index contributed by atoms with van der Waals surface area (Å²) >= 11 is 0. The molecule has 10 rings (SSSR count). The molecule has 3 heterocycles. The van der Waals surface area contributed by atoms with Gasteiger partial charge in [0.15, 0.2) is 0 Å². The number of aromatic nitrogens is 4. The Morgan fingerprint density at radius 3 is 1.89 bits per heavy atom. The third-order valence-electron chi connectivity index (χ3n) is 11.2. The Labute approximate surface area is 341 Å². The molecule has 9 aromatic rings. The van der Waals surface area contributed by atoms with Gasteiger partial charge in [0.2, 0.25) is 0 Å². The number of benzene rings is 6. The van der Waals surface area contributed by atoms with Gasteiger partial charge in [0, 0.05) is 49.3 Å². The summed E-state index contributed by atoms with van der Waals surface area (Å²) in [5.74, 6) is 0.628. The molecule has 56 heavy (non-hydrogen) atoms. The van der Waals surface area contributed by atoms with Gasteiger partial charge in [-0.25, -0.2) is 14.8 Å². The number of hydrogen-bond donors (Lipinski definition) is 1. The summed E-state index contributed by atoms with van der Waals surface area (Å²) in [5, 5.41) is 19.4. The molecule has 0 atom stereocenters. The fourth-order valence-electron chi connectivity index (χ4n) is 8.67. The van der Waals surface area contributed by atoms with E-state index in [0.717, 1.165) is 83.5 Å². The van der Waals surface area contributed by atoms with Crippen LogP contribution in [-0.4, -0.2) is 24.4 Å². The molecular weight excluding hydrogens is 868 g/mol. The average Bonchev–Trinajstić information content (AvgIpc) is 3.76. The van der Waals surface area contributed by atoms with Crippen LogP contribution in [0, 0.1) is 6.07 Å². The zero-order chi connectivity index (χ0) is 37.4. The van der Waals surface area contributed by atoms with Crippen molar-refractivity contribution in [3.8, 4) is 73.0 Å². The Morgan fingerprint density at radius 2 is 1.18 bits per heavy atom. The van der Waals surface area contributed by atoms with E-state index in [2.05, 4.69) is 148 Å². The molecule has 0 spiro atoms. The quantitative estimate of drug-likeness (QED) is 0.175. The number of aromatic hydroxyl groups is 1. The first-order valence-electron chi connectivity index (χ1n) is 19.1. The number of para-hydroxylation sites is 3. The summed E-state index contributed by atoms with van der Waals surface area (Å²) in [6.07, 6.45) is 1.86. The molecule has 0 aliphatic heterocycles. The predicted octanol–water partition coefficient (Wildman–Crippen LogP) is 12.8. The van der Waals surface area contributed by atoms with Gasteiger partial charge >= 0.3 is 0 Å². The van der Waals surface area contributed by atoms with E-state index in [9.17, 15) is 5.11 Å². The molecule has 0 fully saturated rings. The standard InChI is InChI=1S/C50H39N4O.Pt/c1-30(2)33-20-13-21-34(31(3)4)46(33)49-47-40-19-8-7-17-37(40)35-15-5-6-16-36(35)38-27-26-32(29-42(38)48(47)52-54(49)44-24-11-12-25-45(44)55)53-43-23-10-9-18-39(43)41-22-14-28-51-50(41)53;/h5-28,30-31,55H,1-4H3;/q-1;. The van der Waals surface area contributed by atoms with Crippen molar-refractivity contribution in [2.24, 2.45) is 0 Å². The average molecular weight is 907 g/mol. The molecule has 0 radical (unpaired) electrons. The number of rotatable bonds is 5. The maximum atomic E-state index is 11.6. The maximum Gasteiger partial charge on any atom is 0.144 e. The van der Waals surface area contributed by atoms with Gasteiger partial charge in [0.05, 0.1) is 11.2 Å². The van der Waals surface area contributed by atoms with E-state index >= 15 is 0 Å². The van der Waals surface area contributed by atoms with E-state index in [1.54, 1.807) is 6.07 Å². The molecular formula is C50H39N4OPt-. The van der Waals surface area contributed by atoms with Crippen molar-refractivity contribution in [1.29, 1.82) is 0 Å². The fourth-order valence-corrected chi connectivity index (χ4v) is 8.67. The first kappa shape index (κ1) is 35.7. The van der Waals surface area contributed by atoms with Crippen molar-refractivity contribution in [1.82, 2.24) is 19.3 Å². The Bertz CT molecular complexity index is 2890. The molecule has 0 saturated heterocycles. The van der Waals surface area contributed by atoms with E-state index in [-0.39, 0.29) is 38.7 Å². The number of phenols is 1. The van der Waals surface area contributed by atoms with E-state index in [4.69, 9.17) is 10.1 Å². The van der Waals surface area contributed by atoms with Gasteiger partial charge in [-0.1, -0.05) is 136 Å². The third kappa shape index (κ3) is 5.40. The third-order valence-corrected chi connectivity index (χ3v) is 11.2. The summed E-state index contributed by atoms with van der Waals surface area (Å²) in [6, 6.07) is 52.5. The molecule has 5 nitrogen and oxygen atoms in total. The molecule has 3 aromatic heterocycles. The van der Waals surface area contributed by atoms with Gasteiger partial charge in [-0.05, 0) is 81.2 Å². The van der Waals surface area contributed by atoms with Gasteiger partial charge in [-0.15, -0.1) is 23.8 Å². The second-order valence-corrected chi connectivity index (χ2v) is 15.0. The molecule has 0 amide bonds. The van der Waals surface area contributed by atoms with E-state index in [0.29, 0.717) is 5.69 Å². The van der Waals surface area contributed by atoms with Gasteiger partial charge in [-0.3, -0.25) is 0 Å². The summed E-state index contributed by atoms with van der Waals surface area (Å²) in [4.78, 5) is 4.91. The monoisotopic (exact) mass is 906 g/mol. The summed E-state index contributed by atoms with van der Waals surface area (Å²) in [6.45, 7) is 9.03. The van der Waals surface area contributed by atoms with Crippen molar-refractivity contribution in [2.75, 3.05) is 0 Å². The number of fused-ring (bicyclic) bond motifs is 11. The normalized spacial score (nSPS) is 11.8. The summed E-state index contributed by atoms with van der Waals surface area (Å²) in [7, 11) is 0. The van der Waals surface area contributed by atoms with E-state index in [1.807, 2.05) is 35.1 Å². The maximum absolute atomic E-state index is 11.6. The van der Waals surface area contributed by atoms with Crippen molar-refractivity contribution in [2.45, 2.75) is 39.5 Å². The van der Waals surface area contributed by atoms with Crippen molar-refractivity contribution < 1.29 is 26.2 Å². The van der Waals surface area contributed by atoms with Crippen LogP contribution >= 0.6 is 0 Å². The van der Waals surface area contributed by atoms with Crippen LogP contribution in [0.1, 0.15) is 50.7 Å². The van der Waals surface area contributed by atoms with Crippen LogP contribution in [0.3, 0.4) is 0 Å². The van der Waals surface area contributed by atoms with Crippen LogP contribution in [0.15, 0.2) is 146 Å². The second kappa shape index (κ2) is 13.9. The van der Waals surface area contributed by atoms with Crippen molar-refractivity contribution in [3.63, 3.8) is 0 Å². The molecule has 6 heteroatoms. The van der Waals surface area contributed by atoms with E-state index < -0.39 is 0 Å². The topological polar surface area (TPSA) is 55.9 Å². The van der Waals surface area contributed by atoms with Gasteiger partial charge < -0.3 is 9.67 Å². The largest absolute Gasteiger partial charge is 0.506 e. The van der Waals surface area contributed by atoms with Gasteiger partial charge in [0.1, 0.15) is 17.1 Å². The second-order valence-electron chi connectivity index (χ2n) is 15.0. The fraction of sp³-hybridized carbons (Fsp3) is 0.120. The first-order chi connectivity index (χ1) is 26.9. The van der Waals surface area contributed by atoms with Gasteiger partial charge in [-0.2, -0.15) is 0 Å². The number of phenolic OH excluding ortho intramolecular Hbond substituents is 1. The minimum absolute atomic E-state index is 0. The molecule has 1 aliphatic rings. The van der Waals surface area contributed by atoms with Crippen LogP contribution in [0.2, 0.25) is 0 Å². The molecule has 0 unspecified atom stereocenters. The molecule has 0 bridgehead atoms. The zero-order valence-electron chi connectivity index (χ0n) is 31.6. The molecule has 1 aliphatic carbocycles. The van der Waals surface area contributed by atoms with Crippen molar-refractivity contribution in [3.05, 3.63) is 163 Å². The Balaban J connectivity index is 0.00000410. The molecule has 0 saturated carbocycles. The van der Waals surface area contributed by atoms with Crippen LogP contribution in [0.25, 0.3) is 89.2 Å². The van der Waals surface area contributed by atoms with Gasteiger partial charge in [0.25, 0.3) is 0 Å². The Morgan fingerprint density at radius 1 is 0.571 bits per heavy atom. The first-order valence-corrected chi connectivity index (χ1v) is 19.1. The van der Waals surface area contributed by atoms with Crippen molar-refractivity contribution >= 4 is 21.9 Å². The summed E-state index contributed by atoms with van der Waals surface area (Å²) < 4.78 is 4.21. The minimum atomic E-state index is 0. The van der Waals surface area contributed by atoms with E-state index in [1.165, 1.54) is 11.1 Å². The predicted molar refractivity (Wildman–Crippen MR) is 225 cm³/mol.